The smallest absolute Gasteiger partial charge is 0.333 e. The van der Waals surface area contributed by atoms with Crippen molar-refractivity contribution in [2.45, 2.75) is 44.2 Å². The summed E-state index contributed by atoms with van der Waals surface area (Å²) in [6, 6.07) is 1.55. The summed E-state index contributed by atoms with van der Waals surface area (Å²) >= 11 is 7.36. The SMILES string of the molecule is NS(=O)(=O)OC[C@@H]1CC[C@H](Nc2ncncc2C(=O)c2cc(C(O)C#CC3CC3)c(Cl)s2)C1. The number of ketones is 1. The fourth-order valence-electron chi connectivity index (χ4n) is 3.67. The number of aliphatic hydroxyl groups excluding tert-OH is 1. The molecule has 33 heavy (non-hydrogen) atoms. The van der Waals surface area contributed by atoms with Crippen LogP contribution in [0.1, 0.15) is 59.0 Å². The summed E-state index contributed by atoms with van der Waals surface area (Å²) < 4.78 is 27.0. The fourth-order valence-corrected chi connectivity index (χ4v) is 5.33. The Hall–Kier alpha value is -2.07. The van der Waals surface area contributed by atoms with Gasteiger partial charge in [-0.2, -0.15) is 8.42 Å². The van der Waals surface area contributed by atoms with E-state index in [1.165, 1.54) is 12.5 Å². The van der Waals surface area contributed by atoms with Crippen LogP contribution >= 0.6 is 22.9 Å². The van der Waals surface area contributed by atoms with Crippen LogP contribution in [0.25, 0.3) is 0 Å². The molecule has 12 heteroatoms. The predicted octanol–water partition coefficient (Wildman–Crippen LogP) is 2.67. The maximum absolute atomic E-state index is 13.2. The van der Waals surface area contributed by atoms with Crippen LogP contribution in [0.5, 0.6) is 0 Å². The predicted molar refractivity (Wildman–Crippen MR) is 124 cm³/mol. The largest absolute Gasteiger partial charge is 0.376 e. The van der Waals surface area contributed by atoms with E-state index < -0.39 is 16.4 Å². The van der Waals surface area contributed by atoms with Crippen molar-refractivity contribution in [3.05, 3.63) is 38.9 Å². The molecule has 0 bridgehead atoms. The molecule has 0 aromatic carbocycles. The lowest BCUT2D eigenvalue weighted by atomic mass is 10.1. The zero-order chi connectivity index (χ0) is 23.6. The molecule has 2 heterocycles. The number of hydrogen-bond donors (Lipinski definition) is 3. The second-order valence-corrected chi connectivity index (χ2v) is 11.1. The molecule has 2 aromatic heterocycles. The van der Waals surface area contributed by atoms with Crippen LogP contribution in [-0.2, 0) is 14.5 Å². The Morgan fingerprint density at radius 2 is 2.18 bits per heavy atom. The maximum Gasteiger partial charge on any atom is 0.333 e. The highest BCUT2D eigenvalue weighted by molar-refractivity contribution is 7.84. The van der Waals surface area contributed by atoms with Gasteiger partial charge < -0.3 is 10.4 Å². The summed E-state index contributed by atoms with van der Waals surface area (Å²) in [5.74, 6) is 6.24. The summed E-state index contributed by atoms with van der Waals surface area (Å²) in [7, 11) is -3.97. The second kappa shape index (κ2) is 10.0. The molecular formula is C21H23ClN4O5S2. The highest BCUT2D eigenvalue weighted by atomic mass is 35.5. The molecule has 0 radical (unpaired) electrons. The lowest BCUT2D eigenvalue weighted by Gasteiger charge is -2.15. The van der Waals surface area contributed by atoms with Gasteiger partial charge in [0.05, 0.1) is 17.0 Å². The number of nitrogens with one attached hydrogen (secondary N) is 1. The summed E-state index contributed by atoms with van der Waals surface area (Å²) in [4.78, 5) is 21.8. The molecule has 0 aliphatic heterocycles. The van der Waals surface area contributed by atoms with Gasteiger partial charge in [0.25, 0.3) is 0 Å². The molecule has 4 rings (SSSR count). The molecule has 0 spiro atoms. The van der Waals surface area contributed by atoms with Crippen molar-refractivity contribution in [3.63, 3.8) is 0 Å². The van der Waals surface area contributed by atoms with Crippen molar-refractivity contribution < 1.29 is 22.5 Å². The average Bonchev–Trinajstić information content (AvgIpc) is 3.36. The third kappa shape index (κ3) is 6.50. The van der Waals surface area contributed by atoms with Crippen LogP contribution in [0.2, 0.25) is 4.34 Å². The van der Waals surface area contributed by atoms with Gasteiger partial charge in [-0.15, -0.1) is 11.3 Å². The Bertz CT molecular complexity index is 1200. The van der Waals surface area contributed by atoms with Gasteiger partial charge in [-0.3, -0.25) is 8.98 Å². The van der Waals surface area contributed by atoms with Gasteiger partial charge in [0.1, 0.15) is 22.6 Å². The monoisotopic (exact) mass is 510 g/mol. The summed E-state index contributed by atoms with van der Waals surface area (Å²) in [6.07, 6.45) is 5.99. The zero-order valence-electron chi connectivity index (χ0n) is 17.5. The van der Waals surface area contributed by atoms with Gasteiger partial charge in [-0.25, -0.2) is 15.1 Å². The Balaban J connectivity index is 1.45. The minimum atomic E-state index is -3.97. The van der Waals surface area contributed by atoms with Crippen LogP contribution in [0.15, 0.2) is 18.6 Å². The van der Waals surface area contributed by atoms with Gasteiger partial charge in [0, 0.05) is 23.7 Å². The number of aromatic nitrogens is 2. The van der Waals surface area contributed by atoms with Gasteiger partial charge in [0.2, 0.25) is 5.78 Å². The quantitative estimate of drug-likeness (QED) is 0.363. The van der Waals surface area contributed by atoms with E-state index >= 15 is 0 Å². The molecule has 4 N–H and O–H groups in total. The molecular weight excluding hydrogens is 488 g/mol. The zero-order valence-corrected chi connectivity index (χ0v) is 19.9. The van der Waals surface area contributed by atoms with Crippen LogP contribution in [0, 0.1) is 23.7 Å². The second-order valence-electron chi connectivity index (χ2n) is 8.22. The van der Waals surface area contributed by atoms with E-state index in [-0.39, 0.29) is 29.9 Å². The van der Waals surface area contributed by atoms with Gasteiger partial charge in [-0.1, -0.05) is 23.4 Å². The Morgan fingerprint density at radius 3 is 2.91 bits per heavy atom. The minimum Gasteiger partial charge on any atom is -0.376 e. The van der Waals surface area contributed by atoms with E-state index in [1.807, 2.05) is 0 Å². The van der Waals surface area contributed by atoms with E-state index in [0.717, 1.165) is 37.0 Å². The molecule has 3 atom stereocenters. The molecule has 176 valence electrons. The molecule has 2 aliphatic carbocycles. The Kier molecular flexibility index (Phi) is 7.33. The highest BCUT2D eigenvalue weighted by Crippen LogP contribution is 2.35. The van der Waals surface area contributed by atoms with Crippen molar-refractivity contribution in [2.75, 3.05) is 11.9 Å². The molecule has 0 saturated heterocycles. The number of rotatable bonds is 8. The summed E-state index contributed by atoms with van der Waals surface area (Å²) in [5.41, 5.74) is 0.697. The van der Waals surface area contributed by atoms with E-state index in [1.54, 1.807) is 6.07 Å². The highest BCUT2D eigenvalue weighted by Gasteiger charge is 2.28. The van der Waals surface area contributed by atoms with E-state index in [9.17, 15) is 18.3 Å². The van der Waals surface area contributed by atoms with Crippen LogP contribution in [-0.4, -0.2) is 41.9 Å². The third-order valence-electron chi connectivity index (χ3n) is 5.54. The minimum absolute atomic E-state index is 0.0115. The van der Waals surface area contributed by atoms with Crippen molar-refractivity contribution >= 4 is 44.8 Å². The molecule has 2 aliphatic rings. The molecule has 1 unspecified atom stereocenters. The normalized spacial score (nSPS) is 21.3. The number of halogens is 1. The molecule has 2 fully saturated rings. The van der Waals surface area contributed by atoms with Gasteiger partial charge >= 0.3 is 10.3 Å². The number of carbonyl (C=O) groups is 1. The van der Waals surface area contributed by atoms with E-state index in [0.29, 0.717) is 32.9 Å². The number of thiophene rings is 1. The third-order valence-corrected chi connectivity index (χ3v) is 7.39. The number of anilines is 1. The van der Waals surface area contributed by atoms with Crippen LogP contribution < -0.4 is 10.5 Å². The number of carbonyl (C=O) groups excluding carboxylic acids is 1. The van der Waals surface area contributed by atoms with Crippen molar-refractivity contribution in [1.82, 2.24) is 9.97 Å². The Labute approximate surface area is 201 Å². The first-order valence-electron chi connectivity index (χ1n) is 10.5. The summed E-state index contributed by atoms with van der Waals surface area (Å²) in [5, 5.41) is 18.5. The number of nitrogens with two attached hydrogens (primary N) is 1. The van der Waals surface area contributed by atoms with Crippen LogP contribution in [0.4, 0.5) is 5.82 Å². The van der Waals surface area contributed by atoms with Crippen molar-refractivity contribution in [2.24, 2.45) is 17.0 Å². The lowest BCUT2D eigenvalue weighted by molar-refractivity contribution is 0.104. The topological polar surface area (TPSA) is 144 Å². The summed E-state index contributed by atoms with van der Waals surface area (Å²) in [6.45, 7) is 0.0228. The first-order chi connectivity index (χ1) is 15.7. The molecule has 2 saturated carbocycles. The first-order valence-corrected chi connectivity index (χ1v) is 13.1. The first kappa shape index (κ1) is 24.1. The average molecular weight is 511 g/mol. The van der Waals surface area contributed by atoms with E-state index in [4.69, 9.17) is 20.9 Å². The fraction of sp³-hybridized carbons (Fsp3) is 0.476. The maximum atomic E-state index is 13.2. The van der Waals surface area contributed by atoms with E-state index in [2.05, 4.69) is 27.1 Å². The van der Waals surface area contributed by atoms with Gasteiger partial charge in [-0.05, 0) is 44.1 Å². The van der Waals surface area contributed by atoms with Crippen LogP contribution in [0.3, 0.4) is 0 Å². The molecule has 9 nitrogen and oxygen atoms in total. The Morgan fingerprint density at radius 1 is 1.39 bits per heavy atom. The lowest BCUT2D eigenvalue weighted by Crippen LogP contribution is -2.22. The molecule has 0 amide bonds. The van der Waals surface area contributed by atoms with Crippen molar-refractivity contribution in [3.8, 4) is 11.8 Å². The number of nitrogens with zero attached hydrogens (tertiary/aromatic N) is 2. The van der Waals surface area contributed by atoms with Gasteiger partial charge in [0.15, 0.2) is 0 Å². The molecule has 2 aromatic rings. The number of aliphatic hydroxyl groups is 1. The number of hydrogen-bond acceptors (Lipinski definition) is 9. The van der Waals surface area contributed by atoms with Crippen molar-refractivity contribution in [1.29, 1.82) is 0 Å². The standard InChI is InChI=1S/C21H23ClN4O5S2/c22-20-15(17(27)6-4-12-1-2-12)8-18(32-20)19(28)16-9-24-11-25-21(16)26-14-5-3-13(7-14)10-31-33(23,29)30/h8-9,11-14,17,27H,1-3,5,7,10H2,(H2,23,29,30)(H,24,25,26)/t13-,14+,17?/m1/s1.